The monoisotopic (exact) mass is 451 g/mol. The van der Waals surface area contributed by atoms with Crippen LogP contribution in [-0.2, 0) is 19.8 Å². The summed E-state index contributed by atoms with van der Waals surface area (Å²) in [5.41, 5.74) is 4.21. The maximum Gasteiger partial charge on any atom is 0.207 e. The van der Waals surface area contributed by atoms with E-state index in [1.807, 2.05) is 91.0 Å². The minimum atomic E-state index is 0.0935. The van der Waals surface area contributed by atoms with E-state index in [1.54, 1.807) is 12.3 Å². The number of benzene rings is 3. The summed E-state index contributed by atoms with van der Waals surface area (Å²) in [5, 5.41) is 10.7. The molecular formula is C29H25NO4. The van der Waals surface area contributed by atoms with Gasteiger partial charge in [-0.15, -0.1) is 0 Å². The highest BCUT2D eigenvalue weighted by atomic mass is 16.5. The van der Waals surface area contributed by atoms with Crippen LogP contribution in [0.4, 0.5) is 0 Å². The summed E-state index contributed by atoms with van der Waals surface area (Å²) < 4.78 is 18.8. The van der Waals surface area contributed by atoms with Crippen molar-refractivity contribution in [2.24, 2.45) is 0 Å². The lowest BCUT2D eigenvalue weighted by atomic mass is 10.2. The van der Waals surface area contributed by atoms with E-state index in [0.717, 1.165) is 16.7 Å². The molecule has 0 spiro atoms. The van der Waals surface area contributed by atoms with Crippen molar-refractivity contribution in [3.63, 3.8) is 0 Å². The number of nitrogens with one attached hydrogen (secondary N) is 1. The molecule has 0 unspecified atom stereocenters. The van der Waals surface area contributed by atoms with Crippen LogP contribution in [0.15, 0.2) is 103 Å². The second kappa shape index (κ2) is 10.0. The number of hydrogen-bond donors (Lipinski definition) is 2. The Morgan fingerprint density at radius 3 is 1.47 bits per heavy atom. The first kappa shape index (κ1) is 21.5. The Kier molecular flexibility index (Phi) is 6.34. The minimum Gasteiger partial charge on any atom is -0.507 e. The maximum atomic E-state index is 10.7. The van der Waals surface area contributed by atoms with Gasteiger partial charge in [0, 0.05) is 6.20 Å². The Morgan fingerprint density at radius 2 is 0.971 bits per heavy atom. The van der Waals surface area contributed by atoms with Crippen LogP contribution in [0.2, 0.25) is 0 Å². The highest BCUT2D eigenvalue weighted by Gasteiger charge is 2.31. The van der Waals surface area contributed by atoms with Crippen LogP contribution >= 0.6 is 0 Å². The van der Waals surface area contributed by atoms with Crippen molar-refractivity contribution in [2.75, 3.05) is 0 Å². The number of aromatic nitrogens is 1. The molecule has 0 aromatic heterocycles. The van der Waals surface area contributed by atoms with E-state index in [2.05, 4.69) is 4.98 Å². The first-order valence-corrected chi connectivity index (χ1v) is 11.2. The average Bonchev–Trinajstić information content (AvgIpc) is 3.20. The Morgan fingerprint density at radius 1 is 0.529 bits per heavy atom. The first-order valence-electron chi connectivity index (χ1n) is 11.2. The summed E-state index contributed by atoms with van der Waals surface area (Å²) in [5.74, 6) is 1.51. The Bertz CT molecular complexity index is 1300. The van der Waals surface area contributed by atoms with Gasteiger partial charge in [-0.05, 0) is 22.8 Å². The lowest BCUT2D eigenvalue weighted by Gasteiger charge is -2.13. The zero-order valence-corrected chi connectivity index (χ0v) is 18.6. The average molecular weight is 452 g/mol. The van der Waals surface area contributed by atoms with Gasteiger partial charge in [-0.25, -0.2) is 0 Å². The molecule has 0 bridgehead atoms. The van der Waals surface area contributed by atoms with Crippen molar-refractivity contribution in [3.05, 3.63) is 120 Å². The number of aromatic amines is 1. The van der Waals surface area contributed by atoms with Gasteiger partial charge >= 0.3 is 0 Å². The number of ether oxygens (including phenoxy) is 3. The van der Waals surface area contributed by atoms with Gasteiger partial charge < -0.3 is 24.3 Å². The second-order valence-corrected chi connectivity index (χ2v) is 7.92. The molecule has 0 radical (unpaired) electrons. The fourth-order valence-corrected chi connectivity index (χ4v) is 3.82. The molecular weight excluding hydrogens is 426 g/mol. The van der Waals surface area contributed by atoms with E-state index < -0.39 is 0 Å². The highest BCUT2D eigenvalue weighted by molar-refractivity contribution is 5.88. The SMILES string of the molecule is Oc1cc[nH]c2c(OCc3ccccc3)c(OCc3ccccc3)c(OCc3ccccc3)c1-2. The normalized spacial score (nSPS) is 10.8. The van der Waals surface area contributed by atoms with Crippen LogP contribution in [0.3, 0.4) is 0 Å². The van der Waals surface area contributed by atoms with E-state index in [1.165, 1.54) is 0 Å². The first-order chi connectivity index (χ1) is 16.8. The minimum absolute atomic E-state index is 0.0935. The van der Waals surface area contributed by atoms with Crippen molar-refractivity contribution in [1.29, 1.82) is 0 Å². The number of fused-ring (bicyclic) bond motifs is 1. The van der Waals surface area contributed by atoms with E-state index in [0.29, 0.717) is 48.3 Å². The third-order valence-corrected chi connectivity index (χ3v) is 5.52. The van der Waals surface area contributed by atoms with E-state index in [-0.39, 0.29) is 5.75 Å². The summed E-state index contributed by atoms with van der Waals surface area (Å²) in [6, 6.07) is 31.3. The molecule has 5 heteroatoms. The molecule has 2 N–H and O–H groups in total. The summed E-state index contributed by atoms with van der Waals surface area (Å²) >= 11 is 0. The molecule has 3 aromatic rings. The lowest BCUT2D eigenvalue weighted by molar-refractivity contribution is 0.236. The second-order valence-electron chi connectivity index (χ2n) is 7.92. The molecule has 2 aliphatic rings. The molecule has 3 aromatic carbocycles. The van der Waals surface area contributed by atoms with Gasteiger partial charge in [0.05, 0.1) is 11.3 Å². The van der Waals surface area contributed by atoms with Gasteiger partial charge in [0.15, 0.2) is 11.5 Å². The molecule has 5 nitrogen and oxygen atoms in total. The van der Waals surface area contributed by atoms with Crippen molar-refractivity contribution in [1.82, 2.24) is 4.98 Å². The number of H-pyrrole nitrogens is 1. The van der Waals surface area contributed by atoms with E-state index in [9.17, 15) is 5.11 Å². The number of hydrogen-bond acceptors (Lipinski definition) is 4. The molecule has 34 heavy (non-hydrogen) atoms. The summed E-state index contributed by atoms with van der Waals surface area (Å²) in [7, 11) is 0. The summed E-state index contributed by atoms with van der Waals surface area (Å²) in [4.78, 5) is 3.21. The maximum absolute atomic E-state index is 10.7. The lowest BCUT2D eigenvalue weighted by Crippen LogP contribution is -2.01. The zero-order valence-electron chi connectivity index (χ0n) is 18.6. The Hall–Kier alpha value is -4.38. The molecule has 1 aliphatic carbocycles. The molecule has 0 amide bonds. The van der Waals surface area contributed by atoms with Crippen molar-refractivity contribution in [2.45, 2.75) is 19.8 Å². The largest absolute Gasteiger partial charge is 0.507 e. The van der Waals surface area contributed by atoms with E-state index >= 15 is 0 Å². The highest BCUT2D eigenvalue weighted by Crippen LogP contribution is 2.56. The molecule has 1 aliphatic heterocycles. The number of pyridine rings is 1. The molecule has 0 fully saturated rings. The molecule has 0 atom stereocenters. The quantitative estimate of drug-likeness (QED) is 0.266. The fraction of sp³-hybridized carbons (Fsp3) is 0.103. The van der Waals surface area contributed by atoms with Crippen molar-refractivity contribution >= 4 is 0 Å². The van der Waals surface area contributed by atoms with Gasteiger partial charge in [-0.3, -0.25) is 0 Å². The summed E-state index contributed by atoms with van der Waals surface area (Å²) in [6.45, 7) is 1.01. The van der Waals surface area contributed by atoms with Crippen LogP contribution in [0.25, 0.3) is 11.3 Å². The molecule has 1 heterocycles. The van der Waals surface area contributed by atoms with Crippen molar-refractivity contribution < 1.29 is 19.3 Å². The smallest absolute Gasteiger partial charge is 0.207 e. The molecule has 0 saturated heterocycles. The molecule has 170 valence electrons. The Balaban J connectivity index is 1.53. The van der Waals surface area contributed by atoms with Crippen LogP contribution < -0.4 is 14.2 Å². The predicted octanol–water partition coefficient (Wildman–Crippen LogP) is 6.56. The van der Waals surface area contributed by atoms with Crippen LogP contribution in [0.5, 0.6) is 23.0 Å². The third kappa shape index (κ3) is 4.69. The van der Waals surface area contributed by atoms with Gasteiger partial charge in [0.1, 0.15) is 25.6 Å². The van der Waals surface area contributed by atoms with Gasteiger partial charge in [0.25, 0.3) is 0 Å². The standard InChI is InChI=1S/C29H25NO4/c31-24-16-17-30-26-25(24)27(32-18-21-10-4-1-5-11-21)29(34-20-23-14-8-3-9-15-23)28(26)33-19-22-12-6-2-7-13-22/h1-17,30-31H,18-20H2. The number of aromatic hydroxyl groups is 1. The van der Waals surface area contributed by atoms with Gasteiger partial charge in [-0.1, -0.05) is 91.0 Å². The van der Waals surface area contributed by atoms with Crippen molar-refractivity contribution in [3.8, 4) is 34.3 Å². The van der Waals surface area contributed by atoms with Gasteiger partial charge in [0.2, 0.25) is 5.75 Å². The zero-order chi connectivity index (χ0) is 23.2. The van der Waals surface area contributed by atoms with Crippen LogP contribution in [-0.4, -0.2) is 10.1 Å². The molecule has 5 rings (SSSR count). The van der Waals surface area contributed by atoms with Gasteiger partial charge in [-0.2, -0.15) is 0 Å². The Labute approximate surface area is 198 Å². The topological polar surface area (TPSA) is 63.7 Å². The van der Waals surface area contributed by atoms with E-state index in [4.69, 9.17) is 14.2 Å². The number of rotatable bonds is 9. The summed E-state index contributed by atoms with van der Waals surface area (Å²) in [6.07, 6.45) is 1.68. The van der Waals surface area contributed by atoms with Crippen LogP contribution in [0, 0.1) is 0 Å². The van der Waals surface area contributed by atoms with Crippen LogP contribution in [0.1, 0.15) is 16.7 Å². The third-order valence-electron chi connectivity index (χ3n) is 5.52. The molecule has 0 saturated carbocycles. The predicted molar refractivity (Wildman–Crippen MR) is 131 cm³/mol. The fourth-order valence-electron chi connectivity index (χ4n) is 3.82.